The summed E-state index contributed by atoms with van der Waals surface area (Å²) >= 11 is 0. The zero-order chi connectivity index (χ0) is 12.3. The third-order valence-corrected chi connectivity index (χ3v) is 3.28. The SMILES string of the molecule is CC[CH]c1ccccc1CCCCCCCC. The van der Waals surface area contributed by atoms with E-state index in [-0.39, 0.29) is 0 Å². The fourth-order valence-electron chi connectivity index (χ4n) is 2.28. The highest BCUT2D eigenvalue weighted by Crippen LogP contribution is 2.16. The molecule has 0 aliphatic rings. The van der Waals surface area contributed by atoms with Crippen LogP contribution in [0.3, 0.4) is 0 Å². The van der Waals surface area contributed by atoms with Gasteiger partial charge in [-0.15, -0.1) is 0 Å². The van der Waals surface area contributed by atoms with E-state index in [1.165, 1.54) is 56.1 Å². The Morgan fingerprint density at radius 1 is 0.882 bits per heavy atom. The van der Waals surface area contributed by atoms with Crippen molar-refractivity contribution in [3.63, 3.8) is 0 Å². The molecule has 0 aliphatic heterocycles. The van der Waals surface area contributed by atoms with E-state index in [9.17, 15) is 0 Å². The van der Waals surface area contributed by atoms with Crippen molar-refractivity contribution >= 4 is 0 Å². The molecule has 0 fully saturated rings. The van der Waals surface area contributed by atoms with E-state index in [0.29, 0.717) is 0 Å². The van der Waals surface area contributed by atoms with Gasteiger partial charge in [0.05, 0.1) is 0 Å². The van der Waals surface area contributed by atoms with Gasteiger partial charge in [-0.3, -0.25) is 0 Å². The van der Waals surface area contributed by atoms with E-state index >= 15 is 0 Å². The van der Waals surface area contributed by atoms with Gasteiger partial charge in [0.25, 0.3) is 0 Å². The van der Waals surface area contributed by atoms with Gasteiger partial charge in [0.2, 0.25) is 0 Å². The molecule has 1 aromatic carbocycles. The van der Waals surface area contributed by atoms with Crippen LogP contribution in [-0.4, -0.2) is 0 Å². The lowest BCUT2D eigenvalue weighted by molar-refractivity contribution is 0.607. The molecule has 0 unspecified atom stereocenters. The Balaban J connectivity index is 2.25. The molecule has 1 radical (unpaired) electrons. The summed E-state index contributed by atoms with van der Waals surface area (Å²) in [5.41, 5.74) is 2.98. The number of rotatable bonds is 9. The number of unbranched alkanes of at least 4 members (excludes halogenated alkanes) is 5. The van der Waals surface area contributed by atoms with Crippen LogP contribution in [0.1, 0.15) is 69.9 Å². The highest BCUT2D eigenvalue weighted by atomic mass is 14.1. The lowest BCUT2D eigenvalue weighted by Crippen LogP contribution is -1.92. The molecular formula is C17H27. The van der Waals surface area contributed by atoms with E-state index < -0.39 is 0 Å². The van der Waals surface area contributed by atoms with E-state index in [1.807, 2.05) is 0 Å². The first-order valence-corrected chi connectivity index (χ1v) is 7.29. The highest BCUT2D eigenvalue weighted by Gasteiger charge is 2.00. The lowest BCUT2D eigenvalue weighted by Gasteiger charge is -2.08. The average molecular weight is 231 g/mol. The van der Waals surface area contributed by atoms with E-state index in [1.54, 1.807) is 0 Å². The Morgan fingerprint density at radius 2 is 1.59 bits per heavy atom. The van der Waals surface area contributed by atoms with Gasteiger partial charge in [-0.25, -0.2) is 0 Å². The third-order valence-electron chi connectivity index (χ3n) is 3.28. The molecule has 95 valence electrons. The van der Waals surface area contributed by atoms with Crippen molar-refractivity contribution in [1.29, 1.82) is 0 Å². The van der Waals surface area contributed by atoms with Crippen LogP contribution in [-0.2, 0) is 6.42 Å². The van der Waals surface area contributed by atoms with Crippen LogP contribution in [0.15, 0.2) is 24.3 Å². The van der Waals surface area contributed by atoms with Gasteiger partial charge in [-0.05, 0) is 36.8 Å². The van der Waals surface area contributed by atoms with Gasteiger partial charge in [-0.2, -0.15) is 0 Å². The maximum atomic E-state index is 2.34. The normalized spacial score (nSPS) is 10.7. The molecule has 0 bridgehead atoms. The van der Waals surface area contributed by atoms with Gasteiger partial charge in [0.1, 0.15) is 0 Å². The largest absolute Gasteiger partial charge is 0.0654 e. The van der Waals surface area contributed by atoms with Gasteiger partial charge in [0, 0.05) is 0 Å². The number of benzene rings is 1. The molecule has 17 heavy (non-hydrogen) atoms. The predicted octanol–water partition coefficient (Wildman–Crippen LogP) is 5.55. The molecule has 0 amide bonds. The number of hydrogen-bond donors (Lipinski definition) is 0. The van der Waals surface area contributed by atoms with Crippen molar-refractivity contribution in [2.75, 3.05) is 0 Å². The molecule has 0 heteroatoms. The van der Waals surface area contributed by atoms with Gasteiger partial charge < -0.3 is 0 Å². The number of aryl methyl sites for hydroxylation is 1. The minimum Gasteiger partial charge on any atom is -0.0654 e. The summed E-state index contributed by atoms with van der Waals surface area (Å²) in [5, 5.41) is 0. The Morgan fingerprint density at radius 3 is 2.35 bits per heavy atom. The van der Waals surface area contributed by atoms with Crippen molar-refractivity contribution in [2.45, 2.75) is 65.2 Å². The molecule has 0 nitrogen and oxygen atoms in total. The molecule has 1 aromatic rings. The Bertz CT molecular complexity index is 288. The van der Waals surface area contributed by atoms with E-state index in [4.69, 9.17) is 0 Å². The zero-order valence-electron chi connectivity index (χ0n) is 11.5. The maximum Gasteiger partial charge on any atom is -0.00930 e. The fourth-order valence-corrected chi connectivity index (χ4v) is 2.28. The zero-order valence-corrected chi connectivity index (χ0v) is 11.5. The first-order chi connectivity index (χ1) is 8.38. The Kier molecular flexibility index (Phi) is 7.79. The van der Waals surface area contributed by atoms with Gasteiger partial charge >= 0.3 is 0 Å². The lowest BCUT2D eigenvalue weighted by atomic mass is 9.98. The van der Waals surface area contributed by atoms with Crippen molar-refractivity contribution < 1.29 is 0 Å². The molecular weight excluding hydrogens is 204 g/mol. The van der Waals surface area contributed by atoms with Crippen molar-refractivity contribution in [3.05, 3.63) is 41.8 Å². The van der Waals surface area contributed by atoms with Crippen molar-refractivity contribution in [2.24, 2.45) is 0 Å². The summed E-state index contributed by atoms with van der Waals surface area (Å²) in [7, 11) is 0. The quantitative estimate of drug-likeness (QED) is 0.489. The maximum absolute atomic E-state index is 2.34. The summed E-state index contributed by atoms with van der Waals surface area (Å²) < 4.78 is 0. The standard InChI is InChI=1S/C17H27/c1-3-5-6-7-8-9-13-17-15-11-10-14-16(17)12-4-2/h10-12,14-15H,3-9,13H2,1-2H3. The first-order valence-electron chi connectivity index (χ1n) is 7.29. The van der Waals surface area contributed by atoms with Crippen LogP contribution in [0.25, 0.3) is 0 Å². The second-order valence-electron chi connectivity index (χ2n) is 4.83. The topological polar surface area (TPSA) is 0 Å². The average Bonchev–Trinajstić information content (AvgIpc) is 2.36. The monoisotopic (exact) mass is 231 g/mol. The number of hydrogen-bond acceptors (Lipinski definition) is 0. The van der Waals surface area contributed by atoms with Crippen LogP contribution < -0.4 is 0 Å². The molecule has 0 spiro atoms. The Labute approximate surface area is 107 Å². The molecule has 0 saturated carbocycles. The first kappa shape index (κ1) is 14.3. The van der Waals surface area contributed by atoms with Crippen LogP contribution in [0.5, 0.6) is 0 Å². The summed E-state index contributed by atoms with van der Waals surface area (Å²) in [4.78, 5) is 0. The molecule has 0 N–H and O–H groups in total. The second kappa shape index (κ2) is 9.27. The van der Waals surface area contributed by atoms with E-state index in [2.05, 4.69) is 44.5 Å². The molecule has 0 atom stereocenters. The third kappa shape index (κ3) is 5.91. The highest BCUT2D eigenvalue weighted by molar-refractivity contribution is 5.32. The van der Waals surface area contributed by atoms with Gasteiger partial charge in [0.15, 0.2) is 0 Å². The fraction of sp³-hybridized carbons (Fsp3) is 0.588. The van der Waals surface area contributed by atoms with Crippen LogP contribution in [0, 0.1) is 6.42 Å². The van der Waals surface area contributed by atoms with Crippen LogP contribution >= 0.6 is 0 Å². The summed E-state index contributed by atoms with van der Waals surface area (Å²) in [6.45, 7) is 4.48. The summed E-state index contributed by atoms with van der Waals surface area (Å²) in [6.07, 6.45) is 13.0. The molecule has 1 rings (SSSR count). The second-order valence-corrected chi connectivity index (χ2v) is 4.83. The van der Waals surface area contributed by atoms with Gasteiger partial charge in [-0.1, -0.05) is 70.2 Å². The molecule has 0 saturated heterocycles. The smallest absolute Gasteiger partial charge is 0.00930 e. The van der Waals surface area contributed by atoms with Crippen molar-refractivity contribution in [1.82, 2.24) is 0 Å². The summed E-state index contributed by atoms with van der Waals surface area (Å²) in [5.74, 6) is 0. The van der Waals surface area contributed by atoms with Crippen LogP contribution in [0.4, 0.5) is 0 Å². The molecule has 0 heterocycles. The predicted molar refractivity (Wildman–Crippen MR) is 77.2 cm³/mol. The van der Waals surface area contributed by atoms with Crippen molar-refractivity contribution in [3.8, 4) is 0 Å². The Hall–Kier alpha value is -0.780. The van der Waals surface area contributed by atoms with Crippen LogP contribution in [0.2, 0.25) is 0 Å². The molecule has 0 aromatic heterocycles. The minimum absolute atomic E-state index is 1.13. The summed E-state index contributed by atoms with van der Waals surface area (Å²) in [6, 6.07) is 8.84. The van der Waals surface area contributed by atoms with E-state index in [0.717, 1.165) is 6.42 Å². The minimum atomic E-state index is 1.13. The molecule has 0 aliphatic carbocycles.